The van der Waals surface area contributed by atoms with Crippen molar-refractivity contribution in [1.29, 1.82) is 0 Å². The summed E-state index contributed by atoms with van der Waals surface area (Å²) in [6, 6.07) is 6.34. The molecule has 2 aromatic heterocycles. The SMILES string of the molecule is CCc1nnc(CN2CCC(N3CCCC(C(=O)NCc4ccccn4)C3)CC2)o1. The number of likely N-dealkylation sites (tertiary alicyclic amines) is 2. The summed E-state index contributed by atoms with van der Waals surface area (Å²) in [7, 11) is 0. The molecule has 0 bridgehead atoms. The Balaban J connectivity index is 1.22. The fourth-order valence-corrected chi connectivity index (χ4v) is 4.51. The average Bonchev–Trinajstić information content (AvgIpc) is 3.26. The molecule has 0 aliphatic carbocycles. The predicted molar refractivity (Wildman–Crippen MR) is 112 cm³/mol. The van der Waals surface area contributed by atoms with E-state index in [-0.39, 0.29) is 11.8 Å². The molecular weight excluding hydrogens is 380 g/mol. The number of nitrogens with one attached hydrogen (secondary N) is 1. The Morgan fingerprint density at radius 3 is 2.73 bits per heavy atom. The van der Waals surface area contributed by atoms with E-state index in [4.69, 9.17) is 4.42 Å². The van der Waals surface area contributed by atoms with Crippen LogP contribution in [0.5, 0.6) is 0 Å². The van der Waals surface area contributed by atoms with Crippen LogP contribution in [0.4, 0.5) is 0 Å². The van der Waals surface area contributed by atoms with Crippen LogP contribution in [0.25, 0.3) is 0 Å². The first kappa shape index (κ1) is 20.9. The topological polar surface area (TPSA) is 87.4 Å². The molecule has 1 unspecified atom stereocenters. The van der Waals surface area contributed by atoms with Crippen molar-refractivity contribution in [3.8, 4) is 0 Å². The second kappa shape index (κ2) is 10.1. The van der Waals surface area contributed by atoms with Crippen LogP contribution in [0.15, 0.2) is 28.8 Å². The molecule has 2 aliphatic rings. The first-order valence-electron chi connectivity index (χ1n) is 11.2. The van der Waals surface area contributed by atoms with Crippen molar-refractivity contribution in [3.63, 3.8) is 0 Å². The summed E-state index contributed by atoms with van der Waals surface area (Å²) in [5.74, 6) is 1.66. The Kier molecular flexibility index (Phi) is 7.07. The molecule has 2 fully saturated rings. The number of pyridine rings is 1. The Hall–Kier alpha value is -2.32. The summed E-state index contributed by atoms with van der Waals surface area (Å²) in [6.45, 7) is 7.28. The molecule has 0 spiro atoms. The van der Waals surface area contributed by atoms with E-state index >= 15 is 0 Å². The molecule has 4 rings (SSSR count). The number of carbonyl (C=O) groups excluding carboxylic acids is 1. The number of aryl methyl sites for hydroxylation is 1. The van der Waals surface area contributed by atoms with Crippen LogP contribution in [0.2, 0.25) is 0 Å². The third kappa shape index (κ3) is 5.43. The lowest BCUT2D eigenvalue weighted by Gasteiger charge is -2.41. The van der Waals surface area contributed by atoms with E-state index in [1.807, 2.05) is 25.1 Å². The highest BCUT2D eigenvalue weighted by Gasteiger charge is 2.31. The van der Waals surface area contributed by atoms with Crippen LogP contribution in [0.1, 0.15) is 50.1 Å². The Bertz CT molecular complexity index is 803. The molecule has 1 amide bonds. The number of hydrogen-bond donors (Lipinski definition) is 1. The standard InChI is InChI=1S/C22H32N6O2/c1-2-20-25-26-21(30-20)16-27-12-8-19(9-13-27)28-11-5-6-17(15-28)22(29)24-14-18-7-3-4-10-23-18/h3-4,7,10,17,19H,2,5-6,8-9,11-16H2,1H3,(H,24,29). The minimum Gasteiger partial charge on any atom is -0.424 e. The minimum atomic E-state index is 0.0753. The molecule has 4 heterocycles. The molecule has 1 atom stereocenters. The molecule has 0 aromatic carbocycles. The third-order valence-electron chi connectivity index (χ3n) is 6.24. The van der Waals surface area contributed by atoms with E-state index in [1.165, 1.54) is 0 Å². The van der Waals surface area contributed by atoms with E-state index in [0.29, 0.717) is 24.4 Å². The smallest absolute Gasteiger partial charge is 0.230 e. The maximum Gasteiger partial charge on any atom is 0.230 e. The summed E-state index contributed by atoms with van der Waals surface area (Å²) >= 11 is 0. The third-order valence-corrected chi connectivity index (χ3v) is 6.24. The van der Waals surface area contributed by atoms with Gasteiger partial charge in [0.05, 0.1) is 24.7 Å². The van der Waals surface area contributed by atoms with Gasteiger partial charge in [-0.3, -0.25) is 19.6 Å². The molecule has 2 saturated heterocycles. The van der Waals surface area contributed by atoms with Crippen molar-refractivity contribution in [2.24, 2.45) is 5.92 Å². The fraction of sp³-hybridized carbons (Fsp3) is 0.636. The quantitative estimate of drug-likeness (QED) is 0.744. The van der Waals surface area contributed by atoms with Gasteiger partial charge in [-0.15, -0.1) is 10.2 Å². The summed E-state index contributed by atoms with van der Waals surface area (Å²) in [6.07, 6.45) is 6.84. The number of rotatable bonds is 7. The second-order valence-corrected chi connectivity index (χ2v) is 8.32. The van der Waals surface area contributed by atoms with Crippen LogP contribution in [0, 0.1) is 5.92 Å². The van der Waals surface area contributed by atoms with Crippen molar-refractivity contribution in [2.45, 2.75) is 58.2 Å². The van der Waals surface area contributed by atoms with Gasteiger partial charge in [0.1, 0.15) is 0 Å². The van der Waals surface area contributed by atoms with Gasteiger partial charge in [-0.2, -0.15) is 0 Å². The maximum atomic E-state index is 12.7. The van der Waals surface area contributed by atoms with Gasteiger partial charge in [0.2, 0.25) is 17.7 Å². The lowest BCUT2D eigenvalue weighted by molar-refractivity contribution is -0.127. The highest BCUT2D eigenvalue weighted by molar-refractivity contribution is 5.78. The lowest BCUT2D eigenvalue weighted by atomic mass is 9.93. The van der Waals surface area contributed by atoms with Crippen LogP contribution >= 0.6 is 0 Å². The van der Waals surface area contributed by atoms with Gasteiger partial charge >= 0.3 is 0 Å². The minimum absolute atomic E-state index is 0.0753. The molecule has 162 valence electrons. The van der Waals surface area contributed by atoms with Crippen LogP contribution < -0.4 is 5.32 Å². The zero-order chi connectivity index (χ0) is 20.8. The molecule has 0 radical (unpaired) electrons. The lowest BCUT2D eigenvalue weighted by Crippen LogP contribution is -2.50. The highest BCUT2D eigenvalue weighted by Crippen LogP contribution is 2.24. The van der Waals surface area contributed by atoms with Crippen molar-refractivity contribution in [3.05, 3.63) is 41.9 Å². The predicted octanol–water partition coefficient (Wildman–Crippen LogP) is 2.02. The van der Waals surface area contributed by atoms with Gasteiger partial charge in [0.15, 0.2) is 0 Å². The van der Waals surface area contributed by atoms with Crippen LogP contribution in [0.3, 0.4) is 0 Å². The van der Waals surface area contributed by atoms with E-state index in [9.17, 15) is 4.79 Å². The van der Waals surface area contributed by atoms with E-state index in [1.54, 1.807) is 6.20 Å². The van der Waals surface area contributed by atoms with Gasteiger partial charge in [-0.25, -0.2) is 0 Å². The molecular formula is C22H32N6O2. The van der Waals surface area contributed by atoms with E-state index < -0.39 is 0 Å². The molecule has 0 saturated carbocycles. The van der Waals surface area contributed by atoms with Gasteiger partial charge in [-0.1, -0.05) is 13.0 Å². The first-order valence-corrected chi connectivity index (χ1v) is 11.2. The first-order chi connectivity index (χ1) is 14.7. The Morgan fingerprint density at radius 2 is 2.00 bits per heavy atom. The van der Waals surface area contributed by atoms with Crippen LogP contribution in [-0.4, -0.2) is 63.1 Å². The van der Waals surface area contributed by atoms with Crippen LogP contribution in [-0.2, 0) is 24.3 Å². The molecule has 1 N–H and O–H groups in total. The average molecular weight is 413 g/mol. The van der Waals surface area contributed by atoms with Crippen molar-refractivity contribution < 1.29 is 9.21 Å². The summed E-state index contributed by atoms with van der Waals surface area (Å²) in [5, 5.41) is 11.3. The highest BCUT2D eigenvalue weighted by atomic mass is 16.4. The zero-order valence-corrected chi connectivity index (χ0v) is 17.8. The summed E-state index contributed by atoms with van der Waals surface area (Å²) in [4.78, 5) is 21.9. The number of hydrogen-bond acceptors (Lipinski definition) is 7. The van der Waals surface area contributed by atoms with E-state index in [0.717, 1.165) is 70.5 Å². The van der Waals surface area contributed by atoms with Crippen molar-refractivity contribution >= 4 is 5.91 Å². The molecule has 30 heavy (non-hydrogen) atoms. The summed E-state index contributed by atoms with van der Waals surface area (Å²) in [5.41, 5.74) is 0.901. The monoisotopic (exact) mass is 412 g/mol. The number of carbonyl (C=O) groups is 1. The summed E-state index contributed by atoms with van der Waals surface area (Å²) < 4.78 is 5.65. The fourth-order valence-electron chi connectivity index (χ4n) is 4.51. The number of nitrogens with zero attached hydrogens (tertiary/aromatic N) is 5. The Labute approximate surface area is 178 Å². The molecule has 8 heteroatoms. The Morgan fingerprint density at radius 1 is 1.17 bits per heavy atom. The van der Waals surface area contributed by atoms with Gasteiger partial charge in [-0.05, 0) is 44.4 Å². The van der Waals surface area contributed by atoms with Gasteiger partial charge in [0.25, 0.3) is 0 Å². The second-order valence-electron chi connectivity index (χ2n) is 8.32. The number of amides is 1. The van der Waals surface area contributed by atoms with E-state index in [2.05, 4.69) is 30.3 Å². The zero-order valence-electron chi connectivity index (χ0n) is 17.8. The van der Waals surface area contributed by atoms with Crippen molar-refractivity contribution in [1.82, 2.24) is 30.3 Å². The molecule has 8 nitrogen and oxygen atoms in total. The molecule has 2 aliphatic heterocycles. The van der Waals surface area contributed by atoms with Crippen molar-refractivity contribution in [2.75, 3.05) is 26.2 Å². The normalized spacial score (nSPS) is 21.6. The maximum absolute atomic E-state index is 12.7. The largest absolute Gasteiger partial charge is 0.424 e. The van der Waals surface area contributed by atoms with Gasteiger partial charge in [0, 0.05) is 38.3 Å². The van der Waals surface area contributed by atoms with Gasteiger partial charge < -0.3 is 9.73 Å². The number of aromatic nitrogens is 3. The number of piperidine rings is 2. The molecule has 2 aromatic rings.